The van der Waals surface area contributed by atoms with E-state index in [0.717, 1.165) is 40.1 Å². The van der Waals surface area contributed by atoms with Gasteiger partial charge in [-0.15, -0.1) is 0 Å². The van der Waals surface area contributed by atoms with E-state index in [-0.39, 0.29) is 11.8 Å². The van der Waals surface area contributed by atoms with Gasteiger partial charge in [-0.25, -0.2) is 0 Å². The van der Waals surface area contributed by atoms with E-state index in [4.69, 9.17) is 0 Å². The van der Waals surface area contributed by atoms with Gasteiger partial charge in [0, 0.05) is 28.8 Å². The second kappa shape index (κ2) is 7.91. The average molecular weight is 416 g/mol. The maximum Gasteiger partial charge on any atom is 0.246 e. The van der Waals surface area contributed by atoms with Gasteiger partial charge in [0.05, 0.1) is 5.69 Å². The molecule has 5 nitrogen and oxygen atoms in total. The number of hydrogen-bond acceptors (Lipinski definition) is 3. The topological polar surface area (TPSA) is 61.4 Å². The number of halogens is 1. The predicted octanol–water partition coefficient (Wildman–Crippen LogP) is 4.32. The molecule has 1 heterocycles. The van der Waals surface area contributed by atoms with Crippen LogP contribution < -0.4 is 15.5 Å². The van der Waals surface area contributed by atoms with Crippen LogP contribution in [0.3, 0.4) is 0 Å². The summed E-state index contributed by atoms with van der Waals surface area (Å²) < 4.78 is 0.859. The highest BCUT2D eigenvalue weighted by Gasteiger charge is 2.21. The van der Waals surface area contributed by atoms with Crippen molar-refractivity contribution in [1.82, 2.24) is 0 Å². The molecule has 2 aromatic rings. The van der Waals surface area contributed by atoms with Gasteiger partial charge in [0.15, 0.2) is 0 Å². The molecule has 2 N–H and O–H groups in total. The monoisotopic (exact) mass is 415 g/mol. The smallest absolute Gasteiger partial charge is 0.246 e. The summed E-state index contributed by atoms with van der Waals surface area (Å²) in [5.41, 5.74) is 3.61. The van der Waals surface area contributed by atoms with Crippen molar-refractivity contribution in [2.24, 2.45) is 0 Å². The van der Waals surface area contributed by atoms with E-state index >= 15 is 0 Å². The van der Waals surface area contributed by atoms with Crippen molar-refractivity contribution < 1.29 is 9.59 Å². The van der Waals surface area contributed by atoms with Crippen LogP contribution in [0.1, 0.15) is 25.3 Å². The quantitative estimate of drug-likeness (QED) is 0.763. The van der Waals surface area contributed by atoms with Crippen LogP contribution in [0.15, 0.2) is 46.9 Å². The zero-order valence-electron chi connectivity index (χ0n) is 14.9. The zero-order chi connectivity index (χ0) is 18.7. The van der Waals surface area contributed by atoms with Gasteiger partial charge in [0.25, 0.3) is 0 Å². The first-order valence-electron chi connectivity index (χ1n) is 8.68. The molecule has 0 bridgehead atoms. The van der Waals surface area contributed by atoms with Gasteiger partial charge in [-0.05, 0) is 78.2 Å². The lowest BCUT2D eigenvalue weighted by Crippen LogP contribution is -2.32. The fourth-order valence-corrected chi connectivity index (χ4v) is 3.53. The lowest BCUT2D eigenvalue weighted by molar-refractivity contribution is -0.117. The largest absolute Gasteiger partial charge is 0.374 e. The molecule has 0 saturated carbocycles. The van der Waals surface area contributed by atoms with Crippen LogP contribution >= 0.6 is 15.9 Å². The van der Waals surface area contributed by atoms with Crippen molar-refractivity contribution in [2.45, 2.75) is 32.7 Å². The predicted molar refractivity (Wildman–Crippen MR) is 109 cm³/mol. The number of amides is 2. The maximum atomic E-state index is 12.4. The van der Waals surface area contributed by atoms with Crippen molar-refractivity contribution in [2.75, 3.05) is 22.1 Å². The van der Waals surface area contributed by atoms with E-state index in [1.807, 2.05) is 56.3 Å². The summed E-state index contributed by atoms with van der Waals surface area (Å²) in [7, 11) is 0. The SMILES string of the molecule is Cc1ccc(NC(=O)C(C)Nc2ccc(N3CCCC3=O)cc2)c(Br)c1. The van der Waals surface area contributed by atoms with Gasteiger partial charge in [0.1, 0.15) is 6.04 Å². The van der Waals surface area contributed by atoms with Crippen LogP contribution in [0, 0.1) is 6.92 Å². The number of nitrogens with zero attached hydrogens (tertiary/aromatic N) is 1. The molecule has 2 amide bonds. The second-order valence-electron chi connectivity index (χ2n) is 6.53. The number of carbonyl (C=O) groups excluding carboxylic acids is 2. The van der Waals surface area contributed by atoms with Crippen molar-refractivity contribution >= 4 is 44.8 Å². The van der Waals surface area contributed by atoms with Crippen molar-refractivity contribution in [3.8, 4) is 0 Å². The summed E-state index contributed by atoms with van der Waals surface area (Å²) >= 11 is 3.47. The van der Waals surface area contributed by atoms with Crippen molar-refractivity contribution in [3.63, 3.8) is 0 Å². The Hall–Kier alpha value is -2.34. The summed E-state index contributed by atoms with van der Waals surface area (Å²) in [6.45, 7) is 4.59. The van der Waals surface area contributed by atoms with E-state index in [0.29, 0.717) is 6.42 Å². The fraction of sp³-hybridized carbons (Fsp3) is 0.300. The van der Waals surface area contributed by atoms with Crippen LogP contribution in [0.4, 0.5) is 17.1 Å². The summed E-state index contributed by atoms with van der Waals surface area (Å²) in [6.07, 6.45) is 1.52. The van der Waals surface area contributed by atoms with E-state index in [1.54, 1.807) is 4.90 Å². The van der Waals surface area contributed by atoms with E-state index in [9.17, 15) is 9.59 Å². The number of rotatable bonds is 5. The maximum absolute atomic E-state index is 12.4. The molecule has 1 atom stereocenters. The van der Waals surface area contributed by atoms with Crippen molar-refractivity contribution in [3.05, 3.63) is 52.5 Å². The number of carbonyl (C=O) groups is 2. The molecule has 1 unspecified atom stereocenters. The molecule has 6 heteroatoms. The molecule has 0 spiro atoms. The summed E-state index contributed by atoms with van der Waals surface area (Å²) in [5, 5.41) is 6.11. The number of nitrogens with one attached hydrogen (secondary N) is 2. The minimum Gasteiger partial charge on any atom is -0.374 e. The highest BCUT2D eigenvalue weighted by Crippen LogP contribution is 2.25. The lowest BCUT2D eigenvalue weighted by Gasteiger charge is -2.18. The normalized spacial score (nSPS) is 15.0. The molecule has 26 heavy (non-hydrogen) atoms. The molecule has 0 radical (unpaired) electrons. The van der Waals surface area contributed by atoms with Gasteiger partial charge in [-0.1, -0.05) is 6.07 Å². The van der Waals surface area contributed by atoms with Gasteiger partial charge < -0.3 is 15.5 Å². The zero-order valence-corrected chi connectivity index (χ0v) is 16.5. The van der Waals surface area contributed by atoms with Gasteiger partial charge in [-0.2, -0.15) is 0 Å². The first kappa shape index (κ1) is 18.5. The average Bonchev–Trinajstić information content (AvgIpc) is 3.04. The summed E-state index contributed by atoms with van der Waals surface area (Å²) in [6, 6.07) is 13.0. The number of aryl methyl sites for hydroxylation is 1. The Kier molecular flexibility index (Phi) is 5.61. The van der Waals surface area contributed by atoms with Crippen LogP contribution in [-0.2, 0) is 9.59 Å². The minimum atomic E-state index is -0.400. The minimum absolute atomic E-state index is 0.117. The second-order valence-corrected chi connectivity index (χ2v) is 7.39. The summed E-state index contributed by atoms with van der Waals surface area (Å²) in [5.74, 6) is 0.0514. The third kappa shape index (κ3) is 4.25. The van der Waals surface area contributed by atoms with Crippen molar-refractivity contribution in [1.29, 1.82) is 0 Å². The van der Waals surface area contributed by atoms with Crippen LogP contribution in [0.2, 0.25) is 0 Å². The molecule has 0 aliphatic carbocycles. The highest BCUT2D eigenvalue weighted by molar-refractivity contribution is 9.10. The fourth-order valence-electron chi connectivity index (χ4n) is 2.94. The van der Waals surface area contributed by atoms with Crippen LogP contribution in [0.25, 0.3) is 0 Å². The Bertz CT molecular complexity index is 820. The number of benzene rings is 2. The third-order valence-corrected chi connectivity index (χ3v) is 5.07. The number of hydrogen-bond donors (Lipinski definition) is 2. The number of anilines is 3. The van der Waals surface area contributed by atoms with E-state index in [1.165, 1.54) is 0 Å². The first-order valence-corrected chi connectivity index (χ1v) is 9.47. The molecule has 1 saturated heterocycles. The Balaban J connectivity index is 1.61. The van der Waals surface area contributed by atoms with Crippen LogP contribution in [0.5, 0.6) is 0 Å². The molecular weight excluding hydrogens is 394 g/mol. The molecule has 3 rings (SSSR count). The Labute approximate surface area is 161 Å². The molecule has 1 aliphatic heterocycles. The Morgan fingerprint density at radius 3 is 2.54 bits per heavy atom. The first-order chi connectivity index (χ1) is 12.4. The summed E-state index contributed by atoms with van der Waals surface area (Å²) in [4.78, 5) is 26.0. The Morgan fingerprint density at radius 2 is 1.92 bits per heavy atom. The highest BCUT2D eigenvalue weighted by atomic mass is 79.9. The molecular formula is C20H22BrN3O2. The molecule has 1 aliphatic rings. The third-order valence-electron chi connectivity index (χ3n) is 4.41. The molecule has 136 valence electrons. The molecule has 1 fully saturated rings. The molecule has 0 aromatic heterocycles. The van der Waals surface area contributed by atoms with E-state index in [2.05, 4.69) is 26.6 Å². The van der Waals surface area contributed by atoms with E-state index < -0.39 is 6.04 Å². The lowest BCUT2D eigenvalue weighted by atomic mass is 10.2. The van der Waals surface area contributed by atoms with Crippen LogP contribution in [-0.4, -0.2) is 24.4 Å². The van der Waals surface area contributed by atoms with Gasteiger partial charge in [-0.3, -0.25) is 9.59 Å². The van der Waals surface area contributed by atoms with Gasteiger partial charge >= 0.3 is 0 Å². The standard InChI is InChI=1S/C20H22BrN3O2/c1-13-5-10-18(17(21)12-13)23-20(26)14(2)22-15-6-8-16(9-7-15)24-11-3-4-19(24)25/h5-10,12,14,22H,3-4,11H2,1-2H3,(H,23,26). The van der Waals surface area contributed by atoms with Gasteiger partial charge in [0.2, 0.25) is 11.8 Å². The Morgan fingerprint density at radius 1 is 1.19 bits per heavy atom. The molecule has 2 aromatic carbocycles.